The summed E-state index contributed by atoms with van der Waals surface area (Å²) in [5.74, 6) is 0.952. The van der Waals surface area contributed by atoms with Crippen molar-refractivity contribution in [2.24, 2.45) is 0 Å². The predicted molar refractivity (Wildman–Crippen MR) is 101 cm³/mol. The number of hydrogen-bond donors (Lipinski definition) is 3. The lowest BCUT2D eigenvalue weighted by atomic mass is 10.0. The minimum atomic E-state index is -0.261. The van der Waals surface area contributed by atoms with Crippen LogP contribution in [0.25, 0.3) is 0 Å². The van der Waals surface area contributed by atoms with Crippen molar-refractivity contribution in [3.8, 4) is 11.6 Å². The molecule has 1 aromatic heterocycles. The zero-order valence-corrected chi connectivity index (χ0v) is 15.2. The summed E-state index contributed by atoms with van der Waals surface area (Å²) in [6.07, 6.45) is 7.33. The molecule has 4 rings (SSSR count). The van der Waals surface area contributed by atoms with Gasteiger partial charge in [0.1, 0.15) is 5.75 Å². The molecule has 0 saturated heterocycles. The van der Waals surface area contributed by atoms with E-state index in [0.717, 1.165) is 18.4 Å². The number of rotatable bonds is 2. The van der Waals surface area contributed by atoms with E-state index in [1.165, 1.54) is 25.7 Å². The second-order valence-corrected chi connectivity index (χ2v) is 7.39. The van der Waals surface area contributed by atoms with Crippen molar-refractivity contribution in [3.05, 3.63) is 50.0 Å². The molecule has 1 fully saturated rings. The largest absolute Gasteiger partial charge is 0.440 e. The Labute approximate surface area is 156 Å². The number of carbonyl (C=O) groups excluding carboxylic acids is 1. The standard InChI is InChI=1S/C19H21N3O3S/c23-16(20-13-5-3-1-2-4-6-13)11-7-8-15-12(9-11)10-14-17(24)21-19(26)22-18(14)25-15/h7-9,13H,1-6,10H2,(H,20,23)(H2,21,22,24,26). The fraction of sp³-hybridized carbons (Fsp3) is 0.421. The summed E-state index contributed by atoms with van der Waals surface area (Å²) in [6.45, 7) is 0. The second-order valence-electron chi connectivity index (χ2n) is 6.98. The Balaban J connectivity index is 1.55. The van der Waals surface area contributed by atoms with Crippen molar-refractivity contribution >= 4 is 18.1 Å². The van der Waals surface area contributed by atoms with E-state index in [9.17, 15) is 9.59 Å². The van der Waals surface area contributed by atoms with E-state index in [1.54, 1.807) is 12.1 Å². The third kappa shape index (κ3) is 3.44. The van der Waals surface area contributed by atoms with E-state index in [0.29, 0.717) is 29.2 Å². The molecule has 0 bridgehead atoms. The van der Waals surface area contributed by atoms with Crippen LogP contribution in [-0.2, 0) is 6.42 Å². The van der Waals surface area contributed by atoms with Crippen LogP contribution in [0.2, 0.25) is 0 Å². The minimum Gasteiger partial charge on any atom is -0.440 e. The van der Waals surface area contributed by atoms with Gasteiger partial charge >= 0.3 is 0 Å². The molecular weight excluding hydrogens is 350 g/mol. The van der Waals surface area contributed by atoms with Crippen molar-refractivity contribution < 1.29 is 9.53 Å². The van der Waals surface area contributed by atoms with Gasteiger partial charge in [0, 0.05) is 23.6 Å². The number of aromatic nitrogens is 2. The highest BCUT2D eigenvalue weighted by molar-refractivity contribution is 7.71. The number of amides is 1. The maximum atomic E-state index is 12.6. The number of ether oxygens (including phenoxy) is 1. The van der Waals surface area contributed by atoms with Gasteiger partial charge in [-0.15, -0.1) is 0 Å². The number of nitrogens with one attached hydrogen (secondary N) is 3. The van der Waals surface area contributed by atoms with Crippen LogP contribution >= 0.6 is 12.2 Å². The Morgan fingerprint density at radius 1 is 1.15 bits per heavy atom. The molecule has 2 aliphatic rings. The molecule has 2 heterocycles. The lowest BCUT2D eigenvalue weighted by Gasteiger charge is -2.20. The normalized spacial score (nSPS) is 16.8. The lowest BCUT2D eigenvalue weighted by molar-refractivity contribution is 0.0933. The van der Waals surface area contributed by atoms with Gasteiger partial charge in [-0.1, -0.05) is 25.7 Å². The summed E-state index contributed by atoms with van der Waals surface area (Å²) in [5.41, 5.74) is 1.65. The van der Waals surface area contributed by atoms with Gasteiger partial charge in [-0.2, -0.15) is 0 Å². The van der Waals surface area contributed by atoms with E-state index >= 15 is 0 Å². The summed E-state index contributed by atoms with van der Waals surface area (Å²) >= 11 is 4.98. The predicted octanol–water partition coefficient (Wildman–Crippen LogP) is 3.58. The highest BCUT2D eigenvalue weighted by atomic mass is 32.1. The molecule has 1 aliphatic carbocycles. The van der Waals surface area contributed by atoms with Crippen LogP contribution in [0.3, 0.4) is 0 Å². The van der Waals surface area contributed by atoms with Gasteiger partial charge < -0.3 is 15.0 Å². The molecule has 2 aromatic rings. The second kappa shape index (κ2) is 7.07. The molecular formula is C19H21N3O3S. The zero-order valence-electron chi connectivity index (χ0n) is 14.4. The summed E-state index contributed by atoms with van der Waals surface area (Å²) < 4.78 is 6.00. The van der Waals surface area contributed by atoms with Gasteiger partial charge in [-0.05, 0) is 43.3 Å². The molecule has 1 saturated carbocycles. The van der Waals surface area contributed by atoms with Crippen LogP contribution in [0.15, 0.2) is 23.0 Å². The molecule has 0 atom stereocenters. The number of fused-ring (bicyclic) bond motifs is 2. The Morgan fingerprint density at radius 3 is 2.69 bits per heavy atom. The monoisotopic (exact) mass is 371 g/mol. The molecule has 7 heteroatoms. The van der Waals surface area contributed by atoms with Crippen molar-refractivity contribution in [2.45, 2.75) is 51.0 Å². The van der Waals surface area contributed by atoms with Gasteiger partial charge in [-0.3, -0.25) is 14.6 Å². The molecule has 26 heavy (non-hydrogen) atoms. The van der Waals surface area contributed by atoms with E-state index in [-0.39, 0.29) is 22.3 Å². The quantitative estimate of drug-likeness (QED) is 0.475. The molecule has 0 radical (unpaired) electrons. The topological polar surface area (TPSA) is 87.0 Å². The molecule has 0 unspecified atom stereocenters. The average molecular weight is 371 g/mol. The summed E-state index contributed by atoms with van der Waals surface area (Å²) in [7, 11) is 0. The van der Waals surface area contributed by atoms with Gasteiger partial charge in [-0.25, -0.2) is 0 Å². The molecule has 1 aliphatic heterocycles. The first-order chi connectivity index (χ1) is 12.6. The molecule has 6 nitrogen and oxygen atoms in total. The fourth-order valence-corrected chi connectivity index (χ4v) is 3.88. The first kappa shape index (κ1) is 17.0. The first-order valence-corrected chi connectivity index (χ1v) is 9.48. The number of carbonyl (C=O) groups is 1. The smallest absolute Gasteiger partial charge is 0.259 e. The van der Waals surface area contributed by atoms with Crippen LogP contribution in [0.4, 0.5) is 0 Å². The van der Waals surface area contributed by atoms with Crippen molar-refractivity contribution in [1.82, 2.24) is 15.3 Å². The lowest BCUT2D eigenvalue weighted by Crippen LogP contribution is -2.34. The Morgan fingerprint density at radius 2 is 1.92 bits per heavy atom. The SMILES string of the molecule is O=C(NC1CCCCCC1)c1ccc2c(c1)Cc1c([nH]c(=S)[nH]c1=O)O2. The first-order valence-electron chi connectivity index (χ1n) is 9.07. The van der Waals surface area contributed by atoms with Crippen molar-refractivity contribution in [1.29, 1.82) is 0 Å². The highest BCUT2D eigenvalue weighted by Crippen LogP contribution is 2.33. The minimum absolute atomic E-state index is 0.0631. The fourth-order valence-electron chi connectivity index (χ4n) is 3.69. The summed E-state index contributed by atoms with van der Waals surface area (Å²) in [4.78, 5) is 30.2. The van der Waals surface area contributed by atoms with E-state index in [1.807, 2.05) is 6.07 Å². The maximum Gasteiger partial charge on any atom is 0.259 e. The van der Waals surface area contributed by atoms with Crippen LogP contribution < -0.4 is 15.6 Å². The van der Waals surface area contributed by atoms with Crippen LogP contribution in [0.1, 0.15) is 60.0 Å². The Hall–Kier alpha value is -2.41. The highest BCUT2D eigenvalue weighted by Gasteiger charge is 2.22. The Kier molecular flexibility index (Phi) is 4.63. The van der Waals surface area contributed by atoms with Crippen LogP contribution in [-0.4, -0.2) is 21.9 Å². The van der Waals surface area contributed by atoms with Crippen molar-refractivity contribution in [2.75, 3.05) is 0 Å². The van der Waals surface area contributed by atoms with E-state index < -0.39 is 0 Å². The van der Waals surface area contributed by atoms with E-state index in [2.05, 4.69) is 15.3 Å². The molecule has 0 spiro atoms. The molecule has 136 valence electrons. The molecule has 1 aromatic carbocycles. The summed E-state index contributed by atoms with van der Waals surface area (Å²) in [5, 5.41) is 3.15. The van der Waals surface area contributed by atoms with Crippen LogP contribution in [0, 0.1) is 4.77 Å². The van der Waals surface area contributed by atoms with Gasteiger partial charge in [0.2, 0.25) is 5.88 Å². The summed E-state index contributed by atoms with van der Waals surface area (Å²) in [6, 6.07) is 5.60. The number of hydrogen-bond acceptors (Lipinski definition) is 4. The third-order valence-corrected chi connectivity index (χ3v) is 5.30. The van der Waals surface area contributed by atoms with Crippen molar-refractivity contribution in [3.63, 3.8) is 0 Å². The van der Waals surface area contributed by atoms with Gasteiger partial charge in [0.25, 0.3) is 11.5 Å². The number of aromatic amines is 2. The maximum absolute atomic E-state index is 12.6. The van der Waals surface area contributed by atoms with E-state index in [4.69, 9.17) is 17.0 Å². The molecule has 1 amide bonds. The average Bonchev–Trinajstić information content (AvgIpc) is 2.88. The van der Waals surface area contributed by atoms with Gasteiger partial charge in [0.05, 0.1) is 5.56 Å². The zero-order chi connectivity index (χ0) is 18.1. The Bertz CT molecular complexity index is 955. The number of benzene rings is 1. The molecule has 3 N–H and O–H groups in total. The van der Waals surface area contributed by atoms with Gasteiger partial charge in [0.15, 0.2) is 4.77 Å². The third-order valence-electron chi connectivity index (χ3n) is 5.09. The van der Waals surface area contributed by atoms with Crippen LogP contribution in [0.5, 0.6) is 11.6 Å². The number of H-pyrrole nitrogens is 2.